The Labute approximate surface area is 165 Å². The first-order chi connectivity index (χ1) is 12.6. The van der Waals surface area contributed by atoms with Gasteiger partial charge in [-0.05, 0) is 49.3 Å². The van der Waals surface area contributed by atoms with Crippen LogP contribution >= 0.6 is 11.6 Å². The number of anilines is 1. The zero-order chi connectivity index (χ0) is 20.0. The van der Waals surface area contributed by atoms with Crippen molar-refractivity contribution in [3.8, 4) is 0 Å². The minimum absolute atomic E-state index is 0.0777. The summed E-state index contributed by atoms with van der Waals surface area (Å²) in [6, 6.07) is 5.36. The summed E-state index contributed by atoms with van der Waals surface area (Å²) in [5.41, 5.74) is 0.704. The highest BCUT2D eigenvalue weighted by Crippen LogP contribution is 2.60. The minimum Gasteiger partial charge on any atom is -0.326 e. The average Bonchev–Trinajstić information content (AvgIpc) is 2.79. The molecule has 1 N–H and O–H groups in total. The van der Waals surface area contributed by atoms with Gasteiger partial charge in [-0.15, -0.1) is 0 Å². The molecule has 146 valence electrons. The fourth-order valence-corrected chi connectivity index (χ4v) is 4.64. The van der Waals surface area contributed by atoms with Crippen molar-refractivity contribution >= 4 is 35.0 Å². The summed E-state index contributed by atoms with van der Waals surface area (Å²) < 4.78 is 0. The lowest BCUT2D eigenvalue weighted by molar-refractivity contribution is -0.168. The van der Waals surface area contributed by atoms with Gasteiger partial charge in [-0.3, -0.25) is 19.3 Å². The van der Waals surface area contributed by atoms with E-state index in [1.54, 1.807) is 18.2 Å². The molecule has 2 fully saturated rings. The fourth-order valence-electron chi connectivity index (χ4n) is 4.47. The summed E-state index contributed by atoms with van der Waals surface area (Å²) in [7, 11) is 0. The van der Waals surface area contributed by atoms with Crippen LogP contribution in [0.2, 0.25) is 5.02 Å². The lowest BCUT2D eigenvalue weighted by Crippen LogP contribution is -2.59. The van der Waals surface area contributed by atoms with Crippen LogP contribution < -0.4 is 5.32 Å². The van der Waals surface area contributed by atoms with Crippen LogP contribution in [0.3, 0.4) is 0 Å². The Hall–Kier alpha value is -1.88. The first-order valence-corrected chi connectivity index (χ1v) is 9.88. The molecule has 1 saturated carbocycles. The van der Waals surface area contributed by atoms with E-state index in [9.17, 15) is 14.4 Å². The standard InChI is InChI=1S/C21H27ClN2O3/c1-13-15(22)7-5-8-16(13)23-17(25)9-6-12-24-18(26)14-10-11-21(4,19(24)27)20(14,2)3/h5,7-8,14H,6,9-12H2,1-4H3,(H,23,25). The summed E-state index contributed by atoms with van der Waals surface area (Å²) in [4.78, 5) is 39.4. The van der Waals surface area contributed by atoms with E-state index in [1.165, 1.54) is 4.90 Å². The number of imide groups is 1. The second kappa shape index (κ2) is 6.93. The molecule has 3 rings (SSSR count). The van der Waals surface area contributed by atoms with Crippen molar-refractivity contribution in [3.05, 3.63) is 28.8 Å². The van der Waals surface area contributed by atoms with Crippen LogP contribution in [0.4, 0.5) is 5.69 Å². The Bertz CT molecular complexity index is 805. The van der Waals surface area contributed by atoms with Crippen molar-refractivity contribution in [3.63, 3.8) is 0 Å². The van der Waals surface area contributed by atoms with Crippen molar-refractivity contribution < 1.29 is 14.4 Å². The van der Waals surface area contributed by atoms with Gasteiger partial charge in [0, 0.05) is 29.6 Å². The highest BCUT2D eigenvalue weighted by Gasteiger charge is 2.64. The first kappa shape index (κ1) is 19.9. The zero-order valence-corrected chi connectivity index (χ0v) is 17.2. The van der Waals surface area contributed by atoms with E-state index in [2.05, 4.69) is 5.32 Å². The van der Waals surface area contributed by atoms with Crippen molar-refractivity contribution in [2.45, 2.75) is 53.4 Å². The van der Waals surface area contributed by atoms with Gasteiger partial charge in [-0.25, -0.2) is 0 Å². The number of amides is 3. The molecule has 2 aliphatic rings. The largest absolute Gasteiger partial charge is 0.326 e. The van der Waals surface area contributed by atoms with Crippen molar-refractivity contribution in [2.24, 2.45) is 16.7 Å². The Balaban J connectivity index is 1.59. The third-order valence-corrected chi connectivity index (χ3v) is 7.24. The van der Waals surface area contributed by atoms with Gasteiger partial charge in [0.05, 0.1) is 5.41 Å². The molecule has 0 radical (unpaired) electrons. The lowest BCUT2D eigenvalue weighted by Gasteiger charge is -2.47. The Morgan fingerprint density at radius 2 is 2.00 bits per heavy atom. The summed E-state index contributed by atoms with van der Waals surface area (Å²) in [6.07, 6.45) is 2.21. The number of hydrogen-bond acceptors (Lipinski definition) is 3. The topological polar surface area (TPSA) is 66.5 Å². The van der Waals surface area contributed by atoms with Crippen LogP contribution in [0.5, 0.6) is 0 Å². The van der Waals surface area contributed by atoms with E-state index in [4.69, 9.17) is 11.6 Å². The van der Waals surface area contributed by atoms with Crippen LogP contribution in [0.25, 0.3) is 0 Å². The van der Waals surface area contributed by atoms with Gasteiger partial charge in [0.1, 0.15) is 0 Å². The molecule has 2 bridgehead atoms. The first-order valence-electron chi connectivity index (χ1n) is 9.50. The molecule has 27 heavy (non-hydrogen) atoms. The van der Waals surface area contributed by atoms with Crippen LogP contribution in [0.15, 0.2) is 18.2 Å². The predicted octanol–water partition coefficient (Wildman–Crippen LogP) is 4.18. The predicted molar refractivity (Wildman–Crippen MR) is 105 cm³/mol. The van der Waals surface area contributed by atoms with Gasteiger partial charge in [0.2, 0.25) is 17.7 Å². The van der Waals surface area contributed by atoms with Crippen LogP contribution in [-0.2, 0) is 14.4 Å². The molecule has 1 heterocycles. The van der Waals surface area contributed by atoms with Gasteiger partial charge in [-0.1, -0.05) is 38.4 Å². The van der Waals surface area contributed by atoms with Gasteiger partial charge < -0.3 is 5.32 Å². The number of likely N-dealkylation sites (tertiary alicyclic amines) is 1. The van der Waals surface area contributed by atoms with E-state index < -0.39 is 5.41 Å². The SMILES string of the molecule is Cc1c(Cl)cccc1NC(=O)CCCN1C(=O)C2CCC(C)(C1=O)C2(C)C. The van der Waals surface area contributed by atoms with E-state index in [0.717, 1.165) is 18.4 Å². The molecule has 1 aromatic rings. The van der Waals surface area contributed by atoms with Gasteiger partial charge in [-0.2, -0.15) is 0 Å². The quantitative estimate of drug-likeness (QED) is 0.767. The number of nitrogens with zero attached hydrogens (tertiary/aromatic N) is 1. The molecule has 6 heteroatoms. The zero-order valence-electron chi connectivity index (χ0n) is 16.4. The summed E-state index contributed by atoms with van der Waals surface area (Å²) in [5, 5.41) is 3.45. The fraction of sp³-hybridized carbons (Fsp3) is 0.571. The number of piperidine rings is 1. The second-order valence-corrected chi connectivity index (χ2v) is 8.91. The second-order valence-electron chi connectivity index (χ2n) is 8.50. The molecular formula is C21H27ClN2O3. The molecule has 2 unspecified atom stereocenters. The number of hydrogen-bond donors (Lipinski definition) is 1. The van der Waals surface area contributed by atoms with Gasteiger partial charge >= 0.3 is 0 Å². The molecule has 5 nitrogen and oxygen atoms in total. The molecule has 0 spiro atoms. The minimum atomic E-state index is -0.494. The molecule has 2 atom stereocenters. The van der Waals surface area contributed by atoms with Crippen molar-refractivity contribution in [1.29, 1.82) is 0 Å². The molecule has 0 aromatic heterocycles. The number of nitrogens with one attached hydrogen (secondary N) is 1. The molecule has 3 amide bonds. The van der Waals surface area contributed by atoms with Crippen LogP contribution in [0.1, 0.15) is 52.0 Å². The maximum absolute atomic E-state index is 13.0. The number of halogens is 1. The molecule has 1 aliphatic heterocycles. The monoisotopic (exact) mass is 390 g/mol. The molecular weight excluding hydrogens is 364 g/mol. The number of benzene rings is 1. The van der Waals surface area contributed by atoms with Crippen LogP contribution in [0, 0.1) is 23.7 Å². The Morgan fingerprint density at radius 3 is 2.70 bits per heavy atom. The summed E-state index contributed by atoms with van der Waals surface area (Å²) >= 11 is 6.07. The normalized spacial score (nSPS) is 26.4. The van der Waals surface area contributed by atoms with Gasteiger partial charge in [0.25, 0.3) is 0 Å². The highest BCUT2D eigenvalue weighted by atomic mass is 35.5. The van der Waals surface area contributed by atoms with E-state index in [-0.39, 0.29) is 35.5 Å². The van der Waals surface area contributed by atoms with Crippen molar-refractivity contribution in [1.82, 2.24) is 4.90 Å². The number of rotatable bonds is 5. The van der Waals surface area contributed by atoms with Gasteiger partial charge in [0.15, 0.2) is 0 Å². The average molecular weight is 391 g/mol. The smallest absolute Gasteiger partial charge is 0.235 e. The van der Waals surface area contributed by atoms with Crippen molar-refractivity contribution in [2.75, 3.05) is 11.9 Å². The number of fused-ring (bicyclic) bond motifs is 2. The third-order valence-electron chi connectivity index (χ3n) is 6.83. The Kier molecular flexibility index (Phi) is 5.10. The maximum atomic E-state index is 13.0. The van der Waals surface area contributed by atoms with Crippen LogP contribution in [-0.4, -0.2) is 29.2 Å². The summed E-state index contributed by atoms with van der Waals surface area (Å²) in [6.45, 7) is 8.17. The van der Waals surface area contributed by atoms with E-state index in [1.807, 2.05) is 27.7 Å². The van der Waals surface area contributed by atoms with E-state index in [0.29, 0.717) is 23.7 Å². The number of carbonyl (C=O) groups excluding carboxylic acids is 3. The summed E-state index contributed by atoms with van der Waals surface area (Å²) in [5.74, 6) is -0.418. The molecule has 1 aromatic carbocycles. The third kappa shape index (κ3) is 3.16. The van der Waals surface area contributed by atoms with E-state index >= 15 is 0 Å². The highest BCUT2D eigenvalue weighted by molar-refractivity contribution is 6.31. The molecule has 1 aliphatic carbocycles. The maximum Gasteiger partial charge on any atom is 0.235 e. The number of carbonyl (C=O) groups is 3. The Morgan fingerprint density at radius 1 is 1.30 bits per heavy atom. The molecule has 1 saturated heterocycles. The lowest BCUT2D eigenvalue weighted by atomic mass is 9.62.